The molecular formula is C15H19N3O2S. The maximum atomic E-state index is 11.6. The summed E-state index contributed by atoms with van der Waals surface area (Å²) in [6, 6.07) is 8.53. The van der Waals surface area contributed by atoms with Crippen LogP contribution in [0.25, 0.3) is 0 Å². The van der Waals surface area contributed by atoms with Crippen LogP contribution in [0.4, 0.5) is 10.5 Å². The summed E-state index contributed by atoms with van der Waals surface area (Å²) in [5.74, 6) is 0. The van der Waals surface area contributed by atoms with Crippen molar-refractivity contribution in [3.8, 4) is 0 Å². The zero-order valence-corrected chi connectivity index (χ0v) is 12.8. The molecule has 21 heavy (non-hydrogen) atoms. The van der Waals surface area contributed by atoms with Crippen LogP contribution in [0.1, 0.15) is 31.4 Å². The minimum Gasteiger partial charge on any atom is -0.447 e. The molecule has 6 heteroatoms. The van der Waals surface area contributed by atoms with Crippen molar-refractivity contribution in [2.75, 3.05) is 18.1 Å². The Labute approximate surface area is 129 Å². The van der Waals surface area contributed by atoms with E-state index in [2.05, 4.69) is 17.6 Å². The van der Waals surface area contributed by atoms with E-state index >= 15 is 0 Å². The molecule has 1 aromatic rings. The number of amides is 1. The number of nitrogens with zero attached hydrogens (tertiary/aromatic N) is 1. The van der Waals surface area contributed by atoms with Crippen LogP contribution >= 0.6 is 12.2 Å². The molecule has 1 heterocycles. The van der Waals surface area contributed by atoms with Crippen LogP contribution < -0.4 is 15.5 Å². The van der Waals surface area contributed by atoms with Crippen LogP contribution in [0, 0.1) is 0 Å². The number of carbonyl (C=O) groups excluding carboxylic acids is 1. The van der Waals surface area contributed by atoms with Gasteiger partial charge in [-0.1, -0.05) is 12.1 Å². The van der Waals surface area contributed by atoms with Crippen molar-refractivity contribution in [1.82, 2.24) is 10.6 Å². The molecule has 2 fully saturated rings. The first-order valence-corrected chi connectivity index (χ1v) is 7.65. The van der Waals surface area contributed by atoms with Crippen molar-refractivity contribution in [2.24, 2.45) is 0 Å². The summed E-state index contributed by atoms with van der Waals surface area (Å²) in [5.41, 5.74) is 1.96. The lowest BCUT2D eigenvalue weighted by Crippen LogP contribution is -2.38. The minimum atomic E-state index is -0.279. The standard InChI is InChI=1S/C15H19N3O2S/c1-10(16-14(21)17-12-5-6-12)11-3-2-4-13(9-11)18-7-8-20-15(18)19/h2-4,9-10,12H,5-8H2,1H3,(H2,16,17,21). The highest BCUT2D eigenvalue weighted by molar-refractivity contribution is 7.80. The van der Waals surface area contributed by atoms with Crippen LogP contribution in [-0.2, 0) is 4.74 Å². The summed E-state index contributed by atoms with van der Waals surface area (Å²) >= 11 is 5.30. The Balaban J connectivity index is 1.66. The van der Waals surface area contributed by atoms with E-state index in [0.29, 0.717) is 24.3 Å². The number of nitrogens with one attached hydrogen (secondary N) is 2. The molecule has 2 aliphatic rings. The highest BCUT2D eigenvalue weighted by Gasteiger charge is 2.24. The van der Waals surface area contributed by atoms with Gasteiger partial charge in [0.2, 0.25) is 0 Å². The van der Waals surface area contributed by atoms with Crippen LogP contribution in [0.15, 0.2) is 24.3 Å². The molecule has 1 aliphatic carbocycles. The fourth-order valence-corrected chi connectivity index (χ4v) is 2.67. The zero-order chi connectivity index (χ0) is 14.8. The molecule has 3 rings (SSSR count). The molecule has 1 aliphatic heterocycles. The molecular weight excluding hydrogens is 286 g/mol. The molecule has 0 aromatic heterocycles. The SMILES string of the molecule is CC(NC(=S)NC1CC1)c1cccc(N2CCOC2=O)c1. The van der Waals surface area contributed by atoms with Crippen molar-refractivity contribution >= 4 is 29.1 Å². The monoisotopic (exact) mass is 305 g/mol. The largest absolute Gasteiger partial charge is 0.447 e. The summed E-state index contributed by atoms with van der Waals surface area (Å²) in [6.07, 6.45) is 2.12. The third-order valence-corrected chi connectivity index (χ3v) is 3.94. The Morgan fingerprint density at radius 2 is 2.29 bits per heavy atom. The Hall–Kier alpha value is -1.82. The Morgan fingerprint density at radius 3 is 2.95 bits per heavy atom. The Kier molecular flexibility index (Phi) is 3.96. The summed E-state index contributed by atoms with van der Waals surface area (Å²) in [5, 5.41) is 7.24. The Morgan fingerprint density at radius 1 is 1.48 bits per heavy atom. The molecule has 1 aromatic carbocycles. The quantitative estimate of drug-likeness (QED) is 0.836. The van der Waals surface area contributed by atoms with Crippen LogP contribution in [0.3, 0.4) is 0 Å². The van der Waals surface area contributed by atoms with Gasteiger partial charge in [-0.25, -0.2) is 4.79 Å². The minimum absolute atomic E-state index is 0.0855. The summed E-state index contributed by atoms with van der Waals surface area (Å²) in [6.45, 7) is 3.11. The van der Waals surface area contributed by atoms with Gasteiger partial charge in [0.15, 0.2) is 5.11 Å². The fourth-order valence-electron chi connectivity index (χ4n) is 2.32. The topological polar surface area (TPSA) is 53.6 Å². The number of hydrogen-bond donors (Lipinski definition) is 2. The van der Waals surface area contributed by atoms with Crippen molar-refractivity contribution in [2.45, 2.75) is 31.8 Å². The fraction of sp³-hybridized carbons (Fsp3) is 0.467. The van der Waals surface area contributed by atoms with Crippen molar-refractivity contribution in [1.29, 1.82) is 0 Å². The number of ether oxygens (including phenoxy) is 1. The van der Waals surface area contributed by atoms with Crippen molar-refractivity contribution < 1.29 is 9.53 Å². The molecule has 1 saturated carbocycles. The van der Waals surface area contributed by atoms with Gasteiger partial charge in [-0.15, -0.1) is 0 Å². The number of carbonyl (C=O) groups is 1. The third kappa shape index (κ3) is 3.44. The number of hydrogen-bond acceptors (Lipinski definition) is 3. The van der Waals surface area contributed by atoms with Crippen LogP contribution in [-0.4, -0.2) is 30.4 Å². The smallest absolute Gasteiger partial charge is 0.414 e. The second-order valence-electron chi connectivity index (χ2n) is 5.47. The number of cyclic esters (lactones) is 1. The molecule has 112 valence electrons. The first kappa shape index (κ1) is 14.1. The highest BCUT2D eigenvalue weighted by atomic mass is 32.1. The van der Waals surface area contributed by atoms with E-state index in [1.54, 1.807) is 4.90 Å². The van der Waals surface area contributed by atoms with E-state index in [-0.39, 0.29) is 12.1 Å². The molecule has 1 unspecified atom stereocenters. The average molecular weight is 305 g/mol. The summed E-state index contributed by atoms with van der Waals surface area (Å²) in [4.78, 5) is 13.3. The van der Waals surface area contributed by atoms with E-state index in [9.17, 15) is 4.79 Å². The van der Waals surface area contributed by atoms with Gasteiger partial charge in [-0.05, 0) is 49.7 Å². The molecule has 0 spiro atoms. The first-order chi connectivity index (χ1) is 10.1. The molecule has 1 atom stereocenters. The van der Waals surface area contributed by atoms with Gasteiger partial charge in [-0.2, -0.15) is 0 Å². The van der Waals surface area contributed by atoms with E-state index in [1.807, 2.05) is 24.3 Å². The van der Waals surface area contributed by atoms with Gasteiger partial charge in [0.25, 0.3) is 0 Å². The summed E-state index contributed by atoms with van der Waals surface area (Å²) < 4.78 is 4.98. The van der Waals surface area contributed by atoms with Crippen molar-refractivity contribution in [3.05, 3.63) is 29.8 Å². The number of thiocarbonyl (C=S) groups is 1. The van der Waals surface area contributed by atoms with E-state index in [4.69, 9.17) is 17.0 Å². The lowest BCUT2D eigenvalue weighted by atomic mass is 10.1. The predicted octanol–water partition coefficient (Wildman–Crippen LogP) is 2.33. The summed E-state index contributed by atoms with van der Waals surface area (Å²) in [7, 11) is 0. The van der Waals surface area contributed by atoms with E-state index in [0.717, 1.165) is 11.3 Å². The second kappa shape index (κ2) is 5.89. The maximum Gasteiger partial charge on any atom is 0.414 e. The second-order valence-corrected chi connectivity index (χ2v) is 5.88. The third-order valence-electron chi connectivity index (χ3n) is 3.70. The zero-order valence-electron chi connectivity index (χ0n) is 12.0. The van der Waals surface area contributed by atoms with Gasteiger partial charge in [-0.3, -0.25) is 4.90 Å². The average Bonchev–Trinajstić information content (AvgIpc) is 3.17. The van der Waals surface area contributed by atoms with Crippen LogP contribution in [0.2, 0.25) is 0 Å². The van der Waals surface area contributed by atoms with Gasteiger partial charge in [0.05, 0.1) is 12.6 Å². The Bertz CT molecular complexity index is 560. The molecule has 2 N–H and O–H groups in total. The lowest BCUT2D eigenvalue weighted by molar-refractivity contribution is 0.181. The normalized spacial score (nSPS) is 19.1. The maximum absolute atomic E-state index is 11.6. The van der Waals surface area contributed by atoms with Gasteiger partial charge in [0.1, 0.15) is 6.61 Å². The van der Waals surface area contributed by atoms with Gasteiger partial charge in [0, 0.05) is 11.7 Å². The first-order valence-electron chi connectivity index (χ1n) is 7.25. The van der Waals surface area contributed by atoms with E-state index < -0.39 is 0 Å². The molecule has 0 bridgehead atoms. The van der Waals surface area contributed by atoms with E-state index in [1.165, 1.54) is 12.8 Å². The number of anilines is 1. The number of benzene rings is 1. The number of rotatable bonds is 4. The lowest BCUT2D eigenvalue weighted by Gasteiger charge is -2.19. The predicted molar refractivity (Wildman–Crippen MR) is 85.4 cm³/mol. The van der Waals surface area contributed by atoms with Crippen molar-refractivity contribution in [3.63, 3.8) is 0 Å². The van der Waals surface area contributed by atoms with Crippen LogP contribution in [0.5, 0.6) is 0 Å². The van der Waals surface area contributed by atoms with Gasteiger partial charge < -0.3 is 15.4 Å². The molecule has 0 radical (unpaired) electrons. The molecule has 1 amide bonds. The highest BCUT2D eigenvalue weighted by Crippen LogP contribution is 2.23. The van der Waals surface area contributed by atoms with Gasteiger partial charge >= 0.3 is 6.09 Å². The molecule has 5 nitrogen and oxygen atoms in total. The molecule has 1 saturated heterocycles.